The summed E-state index contributed by atoms with van der Waals surface area (Å²) in [4.78, 5) is 0. The van der Waals surface area contributed by atoms with E-state index in [4.69, 9.17) is 5.11 Å². The van der Waals surface area contributed by atoms with Crippen molar-refractivity contribution in [2.24, 2.45) is 5.92 Å². The first kappa shape index (κ1) is 11.7. The van der Waals surface area contributed by atoms with Crippen LogP contribution in [0, 0.1) is 5.92 Å². The minimum Gasteiger partial charge on any atom is -0.396 e. The van der Waals surface area contributed by atoms with Gasteiger partial charge in [0.15, 0.2) is 0 Å². The first-order chi connectivity index (χ1) is 5.66. The van der Waals surface area contributed by atoms with Crippen LogP contribution in [0.4, 0.5) is 0 Å². The third-order valence-electron chi connectivity index (χ3n) is 1.97. The Morgan fingerprint density at radius 2 is 2.08 bits per heavy atom. The summed E-state index contributed by atoms with van der Waals surface area (Å²) in [7, 11) is 0. The maximum Gasteiger partial charge on any atom is 0.0465 e. The van der Waals surface area contributed by atoms with Crippen LogP contribution in [0.3, 0.4) is 0 Å². The van der Waals surface area contributed by atoms with Gasteiger partial charge in [-0.2, -0.15) is 0 Å². The van der Waals surface area contributed by atoms with Crippen LogP contribution in [0.5, 0.6) is 0 Å². The summed E-state index contributed by atoms with van der Waals surface area (Å²) < 4.78 is 0. The highest BCUT2D eigenvalue weighted by Crippen LogP contribution is 2.11. The van der Waals surface area contributed by atoms with Gasteiger partial charge in [0.25, 0.3) is 0 Å². The highest BCUT2D eigenvalue weighted by molar-refractivity contribution is 4.97. The Balaban J connectivity index is 3.36. The Kier molecular flexibility index (Phi) is 7.17. The molecule has 0 rings (SSSR count). The van der Waals surface area contributed by atoms with Gasteiger partial charge in [0.2, 0.25) is 0 Å². The summed E-state index contributed by atoms with van der Waals surface area (Å²) in [6, 6.07) is 0. The van der Waals surface area contributed by atoms with Crippen molar-refractivity contribution >= 4 is 0 Å². The summed E-state index contributed by atoms with van der Waals surface area (Å²) in [5, 5.41) is 8.58. The molecule has 0 aliphatic carbocycles. The Morgan fingerprint density at radius 3 is 2.58 bits per heavy atom. The lowest BCUT2D eigenvalue weighted by Gasteiger charge is -2.04. The van der Waals surface area contributed by atoms with Crippen LogP contribution in [0.25, 0.3) is 0 Å². The third-order valence-corrected chi connectivity index (χ3v) is 1.97. The molecule has 0 amide bonds. The Labute approximate surface area is 76.5 Å². The van der Waals surface area contributed by atoms with Crippen molar-refractivity contribution < 1.29 is 5.11 Å². The first-order valence-corrected chi connectivity index (χ1v) is 4.93. The monoisotopic (exact) mass is 170 g/mol. The second kappa shape index (κ2) is 7.35. The van der Waals surface area contributed by atoms with E-state index in [9.17, 15) is 0 Å². The second-order valence-corrected chi connectivity index (χ2v) is 3.85. The first-order valence-electron chi connectivity index (χ1n) is 4.93. The molecule has 0 saturated heterocycles. The van der Waals surface area contributed by atoms with Crippen molar-refractivity contribution in [2.75, 3.05) is 6.61 Å². The molecule has 0 bridgehead atoms. The lowest BCUT2D eigenvalue weighted by atomic mass is 10.0. The topological polar surface area (TPSA) is 20.2 Å². The van der Waals surface area contributed by atoms with E-state index in [1.807, 2.05) is 0 Å². The lowest BCUT2D eigenvalue weighted by molar-refractivity contribution is 0.302. The molecular weight excluding hydrogens is 148 g/mol. The van der Waals surface area contributed by atoms with Gasteiger partial charge in [0, 0.05) is 6.61 Å². The summed E-state index contributed by atoms with van der Waals surface area (Å²) in [5.74, 6) is 0.815. The zero-order valence-corrected chi connectivity index (χ0v) is 8.64. The smallest absolute Gasteiger partial charge is 0.0465 e. The van der Waals surface area contributed by atoms with E-state index < -0.39 is 0 Å². The summed E-state index contributed by atoms with van der Waals surface area (Å²) in [6.07, 6.45) is 6.74. The van der Waals surface area contributed by atoms with Gasteiger partial charge in [0.1, 0.15) is 0 Å². The van der Waals surface area contributed by atoms with Crippen molar-refractivity contribution in [2.45, 2.75) is 46.5 Å². The molecule has 0 aromatic carbocycles. The fourth-order valence-electron chi connectivity index (χ4n) is 1.20. The summed E-state index contributed by atoms with van der Waals surface area (Å²) >= 11 is 0. The quantitative estimate of drug-likeness (QED) is 0.607. The molecule has 12 heavy (non-hydrogen) atoms. The third kappa shape index (κ3) is 7.80. The molecule has 0 aromatic heterocycles. The number of rotatable bonds is 6. The maximum atomic E-state index is 8.58. The predicted molar refractivity (Wildman–Crippen MR) is 54.1 cm³/mol. The number of allylic oxidation sites excluding steroid dienone is 1. The lowest BCUT2D eigenvalue weighted by Crippen LogP contribution is -1.88. The van der Waals surface area contributed by atoms with Gasteiger partial charge in [-0.05, 0) is 32.1 Å². The van der Waals surface area contributed by atoms with Crippen molar-refractivity contribution in [1.29, 1.82) is 0 Å². The highest BCUT2D eigenvalue weighted by Gasteiger charge is 1.94. The van der Waals surface area contributed by atoms with Gasteiger partial charge >= 0.3 is 0 Å². The molecule has 0 heterocycles. The molecule has 1 nitrogen and oxygen atoms in total. The molecule has 0 fully saturated rings. The minimum absolute atomic E-state index is 0.279. The molecule has 0 atom stereocenters. The fraction of sp³-hybridized carbons (Fsp3) is 0.818. The van der Waals surface area contributed by atoms with Crippen LogP contribution in [-0.4, -0.2) is 11.7 Å². The molecule has 0 radical (unpaired) electrons. The predicted octanol–water partition coefficient (Wildman–Crippen LogP) is 3.14. The molecule has 0 unspecified atom stereocenters. The van der Waals surface area contributed by atoms with E-state index >= 15 is 0 Å². The Morgan fingerprint density at radius 1 is 1.42 bits per heavy atom. The van der Waals surface area contributed by atoms with E-state index in [1.54, 1.807) is 0 Å². The molecule has 0 aliphatic rings. The molecule has 0 saturated carbocycles. The second-order valence-electron chi connectivity index (χ2n) is 3.85. The molecule has 1 heteroatoms. The van der Waals surface area contributed by atoms with Gasteiger partial charge in [-0.3, -0.25) is 0 Å². The van der Waals surface area contributed by atoms with Crippen LogP contribution in [-0.2, 0) is 0 Å². The van der Waals surface area contributed by atoms with Gasteiger partial charge in [0.05, 0.1) is 0 Å². The molecule has 0 aromatic rings. The molecule has 0 aliphatic heterocycles. The van der Waals surface area contributed by atoms with Crippen LogP contribution >= 0.6 is 0 Å². The normalized spacial score (nSPS) is 12.6. The summed E-state index contributed by atoms with van der Waals surface area (Å²) in [6.45, 7) is 6.94. The SMILES string of the molecule is C/C(=C\CCO)CCCC(C)C. The van der Waals surface area contributed by atoms with Crippen molar-refractivity contribution in [3.63, 3.8) is 0 Å². The zero-order chi connectivity index (χ0) is 9.40. The van der Waals surface area contributed by atoms with E-state index in [1.165, 1.54) is 24.8 Å². The average molecular weight is 170 g/mol. The van der Waals surface area contributed by atoms with Gasteiger partial charge in [-0.15, -0.1) is 0 Å². The molecule has 1 N–H and O–H groups in total. The summed E-state index contributed by atoms with van der Waals surface area (Å²) in [5.41, 5.74) is 1.42. The fourth-order valence-corrected chi connectivity index (χ4v) is 1.20. The Bertz CT molecular complexity index is 125. The molecular formula is C11H22O. The largest absolute Gasteiger partial charge is 0.396 e. The van der Waals surface area contributed by atoms with E-state index in [0.29, 0.717) is 0 Å². The van der Waals surface area contributed by atoms with E-state index in [0.717, 1.165) is 12.3 Å². The van der Waals surface area contributed by atoms with Crippen molar-refractivity contribution in [3.8, 4) is 0 Å². The minimum atomic E-state index is 0.279. The van der Waals surface area contributed by atoms with Crippen LogP contribution in [0.15, 0.2) is 11.6 Å². The number of hydrogen-bond acceptors (Lipinski definition) is 1. The van der Waals surface area contributed by atoms with Gasteiger partial charge in [-0.25, -0.2) is 0 Å². The van der Waals surface area contributed by atoms with Crippen LogP contribution in [0.1, 0.15) is 46.5 Å². The number of aliphatic hydroxyl groups is 1. The zero-order valence-electron chi connectivity index (χ0n) is 8.64. The van der Waals surface area contributed by atoms with Crippen LogP contribution in [0.2, 0.25) is 0 Å². The highest BCUT2D eigenvalue weighted by atomic mass is 16.2. The van der Waals surface area contributed by atoms with Gasteiger partial charge in [-0.1, -0.05) is 31.9 Å². The molecule has 0 spiro atoms. The average Bonchev–Trinajstić information content (AvgIpc) is 2.00. The number of aliphatic hydroxyl groups excluding tert-OH is 1. The number of hydrogen-bond donors (Lipinski definition) is 1. The van der Waals surface area contributed by atoms with Crippen molar-refractivity contribution in [1.82, 2.24) is 0 Å². The van der Waals surface area contributed by atoms with Crippen molar-refractivity contribution in [3.05, 3.63) is 11.6 Å². The Hall–Kier alpha value is -0.300. The van der Waals surface area contributed by atoms with E-state index in [2.05, 4.69) is 26.8 Å². The standard InChI is InChI=1S/C11H22O/c1-10(2)6-4-7-11(3)8-5-9-12/h8,10,12H,4-7,9H2,1-3H3/b11-8+. The van der Waals surface area contributed by atoms with Crippen LogP contribution < -0.4 is 0 Å². The maximum absolute atomic E-state index is 8.58. The van der Waals surface area contributed by atoms with E-state index in [-0.39, 0.29) is 6.61 Å². The molecule has 72 valence electrons. The van der Waals surface area contributed by atoms with Gasteiger partial charge < -0.3 is 5.11 Å².